The van der Waals surface area contributed by atoms with Crippen LogP contribution in [0.5, 0.6) is 0 Å². The van der Waals surface area contributed by atoms with Crippen LogP contribution in [0.4, 0.5) is 0 Å². The van der Waals surface area contributed by atoms with Gasteiger partial charge in [0, 0.05) is 13.0 Å². The van der Waals surface area contributed by atoms with Gasteiger partial charge in [-0.1, -0.05) is 78.1 Å². The van der Waals surface area contributed by atoms with E-state index in [0.29, 0.717) is 6.42 Å². The van der Waals surface area contributed by atoms with Crippen molar-refractivity contribution in [2.24, 2.45) is 0 Å². The van der Waals surface area contributed by atoms with Crippen molar-refractivity contribution in [1.82, 2.24) is 4.90 Å². The summed E-state index contributed by atoms with van der Waals surface area (Å²) >= 11 is 0. The fourth-order valence-electron chi connectivity index (χ4n) is 2.78. The molecule has 21 heavy (non-hydrogen) atoms. The maximum atomic E-state index is 8.78. The van der Waals surface area contributed by atoms with Gasteiger partial charge in [0.1, 0.15) is 0 Å². The maximum absolute atomic E-state index is 8.78. The summed E-state index contributed by atoms with van der Waals surface area (Å²) in [6.45, 7) is 7.90. The van der Waals surface area contributed by atoms with Crippen molar-refractivity contribution >= 4 is 0 Å². The molecule has 0 fully saturated rings. The van der Waals surface area contributed by atoms with Gasteiger partial charge in [-0.25, -0.2) is 0 Å². The van der Waals surface area contributed by atoms with Crippen LogP contribution in [0, 0.1) is 11.3 Å². The normalized spacial score (nSPS) is 11.0. The Bertz CT molecular complexity index is 216. The van der Waals surface area contributed by atoms with Crippen molar-refractivity contribution in [2.45, 2.75) is 97.3 Å². The van der Waals surface area contributed by atoms with Crippen LogP contribution in [-0.2, 0) is 0 Å². The van der Waals surface area contributed by atoms with Gasteiger partial charge in [0.25, 0.3) is 0 Å². The lowest BCUT2D eigenvalue weighted by Gasteiger charge is -2.21. The van der Waals surface area contributed by atoms with Gasteiger partial charge in [-0.2, -0.15) is 5.26 Å². The fourth-order valence-corrected chi connectivity index (χ4v) is 2.78. The number of nitriles is 1. The number of nitrogens with zero attached hydrogens (tertiary/aromatic N) is 2. The average Bonchev–Trinajstić information content (AvgIpc) is 2.50. The second-order valence-electron chi connectivity index (χ2n) is 6.29. The van der Waals surface area contributed by atoms with E-state index in [1.54, 1.807) is 0 Å². The first-order valence-electron chi connectivity index (χ1n) is 9.44. The summed E-state index contributed by atoms with van der Waals surface area (Å²) in [5.41, 5.74) is 0. The lowest BCUT2D eigenvalue weighted by molar-refractivity contribution is 0.265. The van der Waals surface area contributed by atoms with Crippen LogP contribution >= 0.6 is 0 Å². The van der Waals surface area contributed by atoms with Crippen LogP contribution in [0.2, 0.25) is 0 Å². The highest BCUT2D eigenvalue weighted by Crippen LogP contribution is 2.09. The topological polar surface area (TPSA) is 27.0 Å². The number of unbranched alkanes of at least 4 members (excludes halogenated alkanes) is 10. The Labute approximate surface area is 133 Å². The lowest BCUT2D eigenvalue weighted by atomic mass is 10.1. The molecule has 0 aromatic carbocycles. The highest BCUT2D eigenvalue weighted by Gasteiger charge is 2.04. The summed E-state index contributed by atoms with van der Waals surface area (Å²) in [5, 5.41) is 8.78. The zero-order valence-electron chi connectivity index (χ0n) is 14.7. The minimum Gasteiger partial charge on any atom is -0.302 e. The quantitative estimate of drug-likeness (QED) is 0.330. The van der Waals surface area contributed by atoms with Crippen molar-refractivity contribution in [3.05, 3.63) is 0 Å². The second kappa shape index (κ2) is 17.5. The summed E-state index contributed by atoms with van der Waals surface area (Å²) in [5.74, 6) is 0. The van der Waals surface area contributed by atoms with E-state index in [1.165, 1.54) is 90.1 Å². The third-order valence-electron chi connectivity index (χ3n) is 4.20. The maximum Gasteiger partial charge on any atom is 0.0635 e. The molecule has 0 aliphatic rings. The molecule has 0 amide bonds. The Morgan fingerprint density at radius 3 is 1.48 bits per heavy atom. The summed E-state index contributed by atoms with van der Waals surface area (Å²) in [7, 11) is 0. The summed E-state index contributed by atoms with van der Waals surface area (Å²) in [4.78, 5) is 2.52. The molecular weight excluding hydrogens is 256 g/mol. The van der Waals surface area contributed by atoms with Crippen LogP contribution in [0.15, 0.2) is 0 Å². The minimum atomic E-state index is 0.686. The van der Waals surface area contributed by atoms with E-state index in [-0.39, 0.29) is 0 Å². The predicted molar refractivity (Wildman–Crippen MR) is 93.4 cm³/mol. The number of rotatable bonds is 16. The molecule has 2 nitrogen and oxygen atoms in total. The Hall–Kier alpha value is -0.550. The first-order chi connectivity index (χ1) is 10.3. The molecule has 0 aliphatic carbocycles. The number of hydrogen-bond donors (Lipinski definition) is 0. The van der Waals surface area contributed by atoms with Crippen molar-refractivity contribution in [3.63, 3.8) is 0 Å². The standard InChI is InChI=1S/C19H38N2/c1-3-5-7-9-11-13-17-21(19-15-16-20)18-14-12-10-8-6-4-2/h3-15,17-19H2,1-2H3. The van der Waals surface area contributed by atoms with Crippen LogP contribution < -0.4 is 0 Å². The van der Waals surface area contributed by atoms with Crippen LogP contribution in [0.3, 0.4) is 0 Å². The van der Waals surface area contributed by atoms with Crippen LogP contribution in [0.25, 0.3) is 0 Å². The molecule has 0 saturated heterocycles. The van der Waals surface area contributed by atoms with E-state index in [1.807, 2.05) is 0 Å². The lowest BCUT2D eigenvalue weighted by Crippen LogP contribution is -2.27. The monoisotopic (exact) mass is 294 g/mol. The SMILES string of the molecule is CCCCCCCCN(CCC#N)CCCCCCCC. The van der Waals surface area contributed by atoms with E-state index in [2.05, 4.69) is 24.8 Å². The molecule has 0 aromatic rings. The van der Waals surface area contributed by atoms with Gasteiger partial charge in [0.15, 0.2) is 0 Å². The van der Waals surface area contributed by atoms with Gasteiger partial charge in [0.2, 0.25) is 0 Å². The van der Waals surface area contributed by atoms with Crippen LogP contribution in [0.1, 0.15) is 97.3 Å². The van der Waals surface area contributed by atoms with E-state index in [4.69, 9.17) is 5.26 Å². The molecule has 0 heterocycles. The molecule has 2 heteroatoms. The van der Waals surface area contributed by atoms with E-state index in [0.717, 1.165) is 6.54 Å². The molecule has 0 bridgehead atoms. The first kappa shape index (κ1) is 20.5. The molecule has 124 valence electrons. The molecule has 0 aliphatic heterocycles. The second-order valence-corrected chi connectivity index (χ2v) is 6.29. The van der Waals surface area contributed by atoms with E-state index < -0.39 is 0 Å². The van der Waals surface area contributed by atoms with Crippen molar-refractivity contribution in [1.29, 1.82) is 5.26 Å². The molecule has 0 N–H and O–H groups in total. The van der Waals surface area contributed by atoms with Gasteiger partial charge in [-0.3, -0.25) is 0 Å². The average molecular weight is 295 g/mol. The molecule has 0 spiro atoms. The highest BCUT2D eigenvalue weighted by molar-refractivity contribution is 4.72. The smallest absolute Gasteiger partial charge is 0.0635 e. The Kier molecular flexibility index (Phi) is 17.0. The third kappa shape index (κ3) is 15.7. The van der Waals surface area contributed by atoms with Crippen molar-refractivity contribution < 1.29 is 0 Å². The molecule has 0 unspecified atom stereocenters. The van der Waals surface area contributed by atoms with Gasteiger partial charge in [0.05, 0.1) is 6.07 Å². The zero-order valence-corrected chi connectivity index (χ0v) is 14.7. The van der Waals surface area contributed by atoms with Gasteiger partial charge >= 0.3 is 0 Å². The fraction of sp³-hybridized carbons (Fsp3) is 0.947. The van der Waals surface area contributed by atoms with Gasteiger partial charge in [-0.15, -0.1) is 0 Å². The summed E-state index contributed by atoms with van der Waals surface area (Å²) in [6.07, 6.45) is 17.0. The summed E-state index contributed by atoms with van der Waals surface area (Å²) in [6, 6.07) is 2.29. The van der Waals surface area contributed by atoms with Gasteiger partial charge < -0.3 is 4.90 Å². The minimum absolute atomic E-state index is 0.686. The largest absolute Gasteiger partial charge is 0.302 e. The highest BCUT2D eigenvalue weighted by atomic mass is 15.1. The van der Waals surface area contributed by atoms with E-state index in [9.17, 15) is 0 Å². The zero-order chi connectivity index (χ0) is 15.6. The Balaban J connectivity index is 3.59. The number of hydrogen-bond acceptors (Lipinski definition) is 2. The van der Waals surface area contributed by atoms with Crippen molar-refractivity contribution in [3.8, 4) is 6.07 Å². The third-order valence-corrected chi connectivity index (χ3v) is 4.20. The molecule has 0 rings (SSSR count). The Morgan fingerprint density at radius 1 is 0.619 bits per heavy atom. The first-order valence-corrected chi connectivity index (χ1v) is 9.44. The molecule has 0 aromatic heterocycles. The molecule has 0 saturated carbocycles. The van der Waals surface area contributed by atoms with Crippen molar-refractivity contribution in [2.75, 3.05) is 19.6 Å². The summed E-state index contributed by atoms with van der Waals surface area (Å²) < 4.78 is 0. The predicted octanol–water partition coefficient (Wildman–Crippen LogP) is 5.92. The van der Waals surface area contributed by atoms with E-state index >= 15 is 0 Å². The molecule has 0 atom stereocenters. The van der Waals surface area contributed by atoms with Crippen LogP contribution in [-0.4, -0.2) is 24.5 Å². The van der Waals surface area contributed by atoms with Gasteiger partial charge in [-0.05, 0) is 25.9 Å². The Morgan fingerprint density at radius 2 is 1.05 bits per heavy atom. The molecular formula is C19H38N2. The molecule has 0 radical (unpaired) electrons.